The molecule has 15 heavy (non-hydrogen) atoms. The molecular weight excluding hydrogens is 190 g/mol. The summed E-state index contributed by atoms with van der Waals surface area (Å²) in [6, 6.07) is 1.43. The topological polar surface area (TPSA) is 50.1 Å². The first-order valence-corrected chi connectivity index (χ1v) is 5.88. The van der Waals surface area contributed by atoms with E-state index >= 15 is 0 Å². The molecule has 3 nitrogen and oxygen atoms in total. The van der Waals surface area contributed by atoms with Crippen LogP contribution >= 0.6 is 0 Å². The molecule has 0 aromatic carbocycles. The minimum Gasteiger partial charge on any atom is -0.455 e. The van der Waals surface area contributed by atoms with Gasteiger partial charge in [0.2, 0.25) is 0 Å². The maximum absolute atomic E-state index is 10.4. The molecule has 0 spiro atoms. The van der Waals surface area contributed by atoms with Crippen molar-refractivity contribution in [2.75, 3.05) is 6.61 Å². The fourth-order valence-corrected chi connectivity index (χ4v) is 1.43. The van der Waals surface area contributed by atoms with E-state index in [1.807, 2.05) is 0 Å². The summed E-state index contributed by atoms with van der Waals surface area (Å²) >= 11 is 0. The molecule has 0 amide bonds. The van der Waals surface area contributed by atoms with Crippen molar-refractivity contribution in [3.05, 3.63) is 0 Å². The molecular formula is C12H21NO2. The molecule has 0 heterocycles. The highest BCUT2D eigenvalue weighted by Gasteiger charge is 1.97. The zero-order valence-electron chi connectivity index (χ0n) is 9.63. The average molecular weight is 211 g/mol. The molecule has 0 N–H and O–H groups in total. The maximum atomic E-state index is 10.4. The lowest BCUT2D eigenvalue weighted by atomic mass is 10.1. The monoisotopic (exact) mass is 211 g/mol. The molecule has 0 aromatic heterocycles. The van der Waals surface area contributed by atoms with Crippen LogP contribution < -0.4 is 0 Å². The quantitative estimate of drug-likeness (QED) is 0.334. The van der Waals surface area contributed by atoms with Crippen molar-refractivity contribution in [2.24, 2.45) is 0 Å². The molecule has 0 atom stereocenters. The van der Waals surface area contributed by atoms with Gasteiger partial charge in [0.1, 0.15) is 0 Å². The van der Waals surface area contributed by atoms with E-state index in [2.05, 4.69) is 11.7 Å². The van der Waals surface area contributed by atoms with Crippen LogP contribution in [0.5, 0.6) is 0 Å². The summed E-state index contributed by atoms with van der Waals surface area (Å²) in [5, 5.41) is 8.13. The van der Waals surface area contributed by atoms with Crippen molar-refractivity contribution in [3.63, 3.8) is 0 Å². The van der Waals surface area contributed by atoms with Crippen LogP contribution in [0.3, 0.4) is 0 Å². The van der Waals surface area contributed by atoms with Gasteiger partial charge in [-0.2, -0.15) is 5.26 Å². The summed E-state index contributed by atoms with van der Waals surface area (Å²) in [5.74, 6) is -0.766. The molecule has 0 saturated heterocycles. The van der Waals surface area contributed by atoms with Crippen molar-refractivity contribution in [2.45, 2.75) is 58.3 Å². The van der Waals surface area contributed by atoms with Crippen LogP contribution in [0.15, 0.2) is 0 Å². The maximum Gasteiger partial charge on any atom is 0.411 e. The highest BCUT2D eigenvalue weighted by atomic mass is 16.5. The summed E-state index contributed by atoms with van der Waals surface area (Å²) in [6.07, 6.45) is 9.70. The highest BCUT2D eigenvalue weighted by molar-refractivity contribution is 5.85. The van der Waals surface area contributed by atoms with Gasteiger partial charge >= 0.3 is 5.97 Å². The molecule has 86 valence electrons. The fourth-order valence-electron chi connectivity index (χ4n) is 1.43. The Balaban J connectivity index is 2.99. The fraction of sp³-hybridized carbons (Fsp3) is 0.833. The minimum absolute atomic E-state index is 0.390. The van der Waals surface area contributed by atoms with Gasteiger partial charge in [-0.25, -0.2) is 4.79 Å². The molecule has 0 radical (unpaired) electrons. The third kappa shape index (κ3) is 10.9. The summed E-state index contributed by atoms with van der Waals surface area (Å²) in [7, 11) is 0. The number of carbonyl (C=O) groups is 1. The predicted octanol–water partition coefficient (Wildman–Crippen LogP) is 3.19. The third-order valence-electron chi connectivity index (χ3n) is 2.32. The molecule has 0 aliphatic heterocycles. The number of esters is 1. The van der Waals surface area contributed by atoms with Crippen LogP contribution in [0.25, 0.3) is 0 Å². The lowest BCUT2D eigenvalue weighted by Crippen LogP contribution is -2.02. The molecule has 3 heteroatoms. The second-order valence-corrected chi connectivity index (χ2v) is 3.72. The lowest BCUT2D eigenvalue weighted by molar-refractivity contribution is -0.137. The molecule has 0 saturated carbocycles. The first-order chi connectivity index (χ1) is 7.31. The van der Waals surface area contributed by atoms with E-state index in [9.17, 15) is 4.79 Å². The van der Waals surface area contributed by atoms with Crippen molar-refractivity contribution in [3.8, 4) is 6.07 Å². The van der Waals surface area contributed by atoms with Crippen LogP contribution in [0.4, 0.5) is 0 Å². The molecule has 0 aliphatic carbocycles. The Morgan fingerprint density at radius 2 is 1.60 bits per heavy atom. The van der Waals surface area contributed by atoms with Gasteiger partial charge in [0.15, 0.2) is 6.07 Å². The smallest absolute Gasteiger partial charge is 0.411 e. The zero-order chi connectivity index (χ0) is 11.4. The van der Waals surface area contributed by atoms with Gasteiger partial charge < -0.3 is 4.74 Å². The summed E-state index contributed by atoms with van der Waals surface area (Å²) in [6.45, 7) is 2.60. The van der Waals surface area contributed by atoms with E-state index in [1.54, 1.807) is 0 Å². The van der Waals surface area contributed by atoms with E-state index in [0.29, 0.717) is 6.61 Å². The number of nitrogens with zero attached hydrogens (tertiary/aromatic N) is 1. The summed E-state index contributed by atoms with van der Waals surface area (Å²) in [5.41, 5.74) is 0. The van der Waals surface area contributed by atoms with E-state index in [-0.39, 0.29) is 0 Å². The normalized spacial score (nSPS) is 9.60. The van der Waals surface area contributed by atoms with Gasteiger partial charge in [-0.3, -0.25) is 0 Å². The number of nitriles is 1. The van der Waals surface area contributed by atoms with E-state index in [1.165, 1.54) is 44.6 Å². The summed E-state index contributed by atoms with van der Waals surface area (Å²) < 4.78 is 4.64. The first-order valence-electron chi connectivity index (χ1n) is 5.88. The highest BCUT2D eigenvalue weighted by Crippen LogP contribution is 2.08. The van der Waals surface area contributed by atoms with Crippen molar-refractivity contribution in [1.82, 2.24) is 0 Å². The van der Waals surface area contributed by atoms with Gasteiger partial charge in [0, 0.05) is 0 Å². The van der Waals surface area contributed by atoms with Crippen LogP contribution in [0.2, 0.25) is 0 Å². The number of unbranched alkanes of at least 4 members (excludes halogenated alkanes) is 7. The van der Waals surface area contributed by atoms with Crippen LogP contribution in [-0.4, -0.2) is 12.6 Å². The molecule has 0 aliphatic rings. The molecule has 0 rings (SSSR count). The van der Waals surface area contributed by atoms with Crippen LogP contribution in [0, 0.1) is 11.3 Å². The molecule has 0 fully saturated rings. The number of rotatable bonds is 9. The van der Waals surface area contributed by atoms with Gasteiger partial charge in [0.05, 0.1) is 6.61 Å². The van der Waals surface area contributed by atoms with Gasteiger partial charge in [-0.1, -0.05) is 51.9 Å². The van der Waals surface area contributed by atoms with Gasteiger partial charge in [-0.05, 0) is 6.42 Å². The summed E-state index contributed by atoms with van der Waals surface area (Å²) in [4.78, 5) is 10.4. The van der Waals surface area contributed by atoms with Crippen LogP contribution in [0.1, 0.15) is 58.3 Å². The Kier molecular flexibility index (Phi) is 10.3. The zero-order valence-corrected chi connectivity index (χ0v) is 9.63. The number of carbonyl (C=O) groups excluding carboxylic acids is 1. The number of ether oxygens (including phenoxy) is 1. The predicted molar refractivity (Wildman–Crippen MR) is 59.2 cm³/mol. The molecule has 0 aromatic rings. The van der Waals surface area contributed by atoms with Gasteiger partial charge in [0.25, 0.3) is 0 Å². The Morgan fingerprint density at radius 1 is 1.07 bits per heavy atom. The Bertz CT molecular complexity index is 196. The molecule has 0 unspecified atom stereocenters. The number of hydrogen-bond donors (Lipinski definition) is 0. The second kappa shape index (κ2) is 11.0. The average Bonchev–Trinajstić information content (AvgIpc) is 2.26. The van der Waals surface area contributed by atoms with Crippen molar-refractivity contribution in [1.29, 1.82) is 5.26 Å². The third-order valence-corrected chi connectivity index (χ3v) is 2.32. The lowest BCUT2D eigenvalue weighted by Gasteiger charge is -2.01. The number of hydrogen-bond acceptors (Lipinski definition) is 3. The second-order valence-electron chi connectivity index (χ2n) is 3.72. The minimum atomic E-state index is -0.766. The van der Waals surface area contributed by atoms with Crippen molar-refractivity contribution >= 4 is 5.97 Å². The Hall–Kier alpha value is -1.04. The van der Waals surface area contributed by atoms with E-state index in [0.717, 1.165) is 12.8 Å². The standard InChI is InChI=1S/C12H21NO2/c1-2-3-4-5-6-7-8-9-10-15-12(14)11-13/h2-10H2,1H3. The van der Waals surface area contributed by atoms with Gasteiger partial charge in [-0.15, -0.1) is 0 Å². The Labute approximate surface area is 92.4 Å². The largest absolute Gasteiger partial charge is 0.455 e. The SMILES string of the molecule is CCCCCCCCCCOC(=O)C#N. The Morgan fingerprint density at radius 3 is 2.13 bits per heavy atom. The van der Waals surface area contributed by atoms with Crippen molar-refractivity contribution < 1.29 is 9.53 Å². The van der Waals surface area contributed by atoms with E-state index < -0.39 is 5.97 Å². The molecule has 0 bridgehead atoms. The van der Waals surface area contributed by atoms with E-state index in [4.69, 9.17) is 5.26 Å². The first kappa shape index (κ1) is 14.0. The van der Waals surface area contributed by atoms with Crippen LogP contribution in [-0.2, 0) is 9.53 Å².